The zero-order chi connectivity index (χ0) is 21.0. The first-order valence-electron chi connectivity index (χ1n) is 10.9. The Morgan fingerprint density at radius 1 is 1.07 bits per heavy atom. The molecule has 1 saturated heterocycles. The molecule has 158 valence electrons. The van der Waals surface area contributed by atoms with Crippen molar-refractivity contribution >= 4 is 5.91 Å². The predicted molar refractivity (Wildman–Crippen MR) is 120 cm³/mol. The molecule has 1 N–H and O–H groups in total. The number of nitrogens with one attached hydrogen (secondary N) is 1. The minimum Gasteiger partial charge on any atom is -0.350 e. The van der Waals surface area contributed by atoms with Gasteiger partial charge in [0.25, 0.3) is 5.91 Å². The monoisotopic (exact) mass is 396 g/mol. The lowest BCUT2D eigenvalue weighted by molar-refractivity contribution is 0.0882. The van der Waals surface area contributed by atoms with E-state index in [1.54, 1.807) is 0 Å². The van der Waals surface area contributed by atoms with E-state index in [2.05, 4.69) is 78.6 Å². The lowest BCUT2D eigenvalue weighted by atomic mass is 10.1. The number of aromatic nitrogens is 1. The maximum atomic E-state index is 12.9. The summed E-state index contributed by atoms with van der Waals surface area (Å²) in [6, 6.07) is 13.0. The number of likely N-dealkylation sites (N-methyl/N-ethyl adjacent to an activating group) is 1. The van der Waals surface area contributed by atoms with Crippen LogP contribution >= 0.6 is 0 Å². The summed E-state index contributed by atoms with van der Waals surface area (Å²) in [6.45, 7) is 16.9. The van der Waals surface area contributed by atoms with Crippen LogP contribution in [-0.2, 0) is 0 Å². The second-order valence-corrected chi connectivity index (χ2v) is 8.27. The molecule has 3 rings (SSSR count). The van der Waals surface area contributed by atoms with Crippen molar-refractivity contribution in [2.45, 2.75) is 46.7 Å². The van der Waals surface area contributed by atoms with Gasteiger partial charge in [-0.15, -0.1) is 0 Å². The molecule has 2 heterocycles. The molecule has 0 spiro atoms. The molecule has 5 nitrogen and oxygen atoms in total. The van der Waals surface area contributed by atoms with Crippen molar-refractivity contribution in [3.05, 3.63) is 58.9 Å². The van der Waals surface area contributed by atoms with Crippen LogP contribution in [0.3, 0.4) is 0 Å². The van der Waals surface area contributed by atoms with Gasteiger partial charge in [-0.2, -0.15) is 0 Å². The van der Waals surface area contributed by atoms with Crippen LogP contribution < -0.4 is 5.32 Å². The van der Waals surface area contributed by atoms with E-state index in [9.17, 15) is 4.79 Å². The number of benzene rings is 1. The summed E-state index contributed by atoms with van der Waals surface area (Å²) in [5.74, 6) is 0.0312. The molecule has 29 heavy (non-hydrogen) atoms. The Morgan fingerprint density at radius 3 is 2.34 bits per heavy atom. The van der Waals surface area contributed by atoms with Crippen molar-refractivity contribution in [3.63, 3.8) is 0 Å². The van der Waals surface area contributed by atoms with Gasteiger partial charge in [-0.3, -0.25) is 9.69 Å². The number of hydrogen-bond donors (Lipinski definition) is 1. The second kappa shape index (κ2) is 9.59. The lowest BCUT2D eigenvalue weighted by Gasteiger charge is -2.37. The fraction of sp³-hybridized carbons (Fsp3) is 0.542. The van der Waals surface area contributed by atoms with E-state index in [4.69, 9.17) is 0 Å². The van der Waals surface area contributed by atoms with Crippen LogP contribution in [-0.4, -0.2) is 65.6 Å². The quantitative estimate of drug-likeness (QED) is 0.779. The minimum absolute atomic E-state index is 0.0312. The highest BCUT2D eigenvalue weighted by atomic mass is 16.1. The molecule has 0 radical (unpaired) electrons. The summed E-state index contributed by atoms with van der Waals surface area (Å²) < 4.78 is 2.26. The molecule has 1 aromatic carbocycles. The first kappa shape index (κ1) is 21.6. The normalized spacial score (nSPS) is 17.8. The molecule has 1 aliphatic heterocycles. The van der Waals surface area contributed by atoms with E-state index < -0.39 is 0 Å². The van der Waals surface area contributed by atoms with Gasteiger partial charge in [0, 0.05) is 50.2 Å². The van der Waals surface area contributed by atoms with Crippen molar-refractivity contribution in [3.8, 4) is 0 Å². The number of nitrogens with zero attached hydrogens (tertiary/aromatic N) is 3. The van der Waals surface area contributed by atoms with E-state index in [0.29, 0.717) is 12.6 Å². The van der Waals surface area contributed by atoms with Gasteiger partial charge in [0.1, 0.15) is 0 Å². The van der Waals surface area contributed by atoms with Gasteiger partial charge in [-0.25, -0.2) is 0 Å². The van der Waals surface area contributed by atoms with Crippen molar-refractivity contribution in [1.29, 1.82) is 0 Å². The van der Waals surface area contributed by atoms with Crippen LogP contribution in [0.5, 0.6) is 0 Å². The minimum atomic E-state index is 0.0312. The first-order chi connectivity index (χ1) is 13.9. The first-order valence-corrected chi connectivity index (χ1v) is 10.9. The summed E-state index contributed by atoms with van der Waals surface area (Å²) in [6.07, 6.45) is 0. The standard InChI is InChI=1S/C24H36N4O/c1-6-26-12-14-27(15-13-26)19(3)17-25-24(29)23-16-18(2)28(21(23)5)20(4)22-10-8-7-9-11-22/h7-11,16,19-20H,6,12-15,17H2,1-5H3,(H,25,29). The van der Waals surface area contributed by atoms with Crippen LogP contribution in [0.1, 0.15) is 54.1 Å². The average Bonchev–Trinajstić information content (AvgIpc) is 3.05. The molecule has 0 saturated carbocycles. The zero-order valence-electron chi connectivity index (χ0n) is 18.6. The van der Waals surface area contributed by atoms with Gasteiger partial charge in [0.05, 0.1) is 11.6 Å². The Labute approximate surface area is 175 Å². The smallest absolute Gasteiger partial charge is 0.253 e. The van der Waals surface area contributed by atoms with Crippen molar-refractivity contribution in [2.24, 2.45) is 0 Å². The van der Waals surface area contributed by atoms with E-state index in [-0.39, 0.29) is 11.9 Å². The number of rotatable bonds is 7. The Balaban J connectivity index is 1.63. The third-order valence-electron chi connectivity index (χ3n) is 6.43. The van der Waals surface area contributed by atoms with Gasteiger partial charge in [-0.1, -0.05) is 37.3 Å². The molecule has 1 amide bonds. The molecule has 0 bridgehead atoms. The van der Waals surface area contributed by atoms with Crippen LogP contribution in [0.25, 0.3) is 0 Å². The van der Waals surface area contributed by atoms with Crippen molar-refractivity contribution in [1.82, 2.24) is 19.7 Å². The van der Waals surface area contributed by atoms with E-state index in [0.717, 1.165) is 49.7 Å². The van der Waals surface area contributed by atoms with Gasteiger partial charge < -0.3 is 14.8 Å². The topological polar surface area (TPSA) is 40.5 Å². The summed E-state index contributed by atoms with van der Waals surface area (Å²) in [4.78, 5) is 17.9. The lowest BCUT2D eigenvalue weighted by Crippen LogP contribution is -2.52. The predicted octanol–water partition coefficient (Wildman–Crippen LogP) is 3.47. The molecule has 1 aromatic heterocycles. The van der Waals surface area contributed by atoms with Crippen LogP contribution in [0.2, 0.25) is 0 Å². The van der Waals surface area contributed by atoms with Gasteiger partial charge in [0.15, 0.2) is 0 Å². The molecule has 2 aromatic rings. The zero-order valence-corrected chi connectivity index (χ0v) is 18.6. The van der Waals surface area contributed by atoms with Gasteiger partial charge >= 0.3 is 0 Å². The van der Waals surface area contributed by atoms with E-state index >= 15 is 0 Å². The third-order valence-corrected chi connectivity index (χ3v) is 6.43. The van der Waals surface area contributed by atoms with Crippen molar-refractivity contribution in [2.75, 3.05) is 39.3 Å². The van der Waals surface area contributed by atoms with Crippen LogP contribution in [0.4, 0.5) is 0 Å². The number of aryl methyl sites for hydroxylation is 1. The number of amides is 1. The number of hydrogen-bond acceptors (Lipinski definition) is 3. The maximum absolute atomic E-state index is 12.9. The summed E-state index contributed by atoms with van der Waals surface area (Å²) >= 11 is 0. The van der Waals surface area contributed by atoms with Crippen LogP contribution in [0, 0.1) is 13.8 Å². The van der Waals surface area contributed by atoms with Crippen molar-refractivity contribution < 1.29 is 4.79 Å². The average molecular weight is 397 g/mol. The van der Waals surface area contributed by atoms with E-state index in [1.807, 2.05) is 12.1 Å². The number of carbonyl (C=O) groups is 1. The second-order valence-electron chi connectivity index (χ2n) is 8.27. The molecular weight excluding hydrogens is 360 g/mol. The number of piperazine rings is 1. The Kier molecular flexibility index (Phi) is 7.14. The van der Waals surface area contributed by atoms with Gasteiger partial charge in [0.2, 0.25) is 0 Å². The Morgan fingerprint density at radius 2 is 1.72 bits per heavy atom. The summed E-state index contributed by atoms with van der Waals surface area (Å²) in [5.41, 5.74) is 4.18. The summed E-state index contributed by atoms with van der Waals surface area (Å²) in [5, 5.41) is 3.17. The maximum Gasteiger partial charge on any atom is 0.253 e. The highest BCUT2D eigenvalue weighted by molar-refractivity contribution is 5.95. The molecule has 5 heteroatoms. The number of carbonyl (C=O) groups excluding carboxylic acids is 1. The third kappa shape index (κ3) is 4.90. The SMILES string of the molecule is CCN1CCN(C(C)CNC(=O)c2cc(C)n(C(C)c3ccccc3)c2C)CC1. The van der Waals surface area contributed by atoms with E-state index in [1.165, 1.54) is 5.56 Å². The Bertz CT molecular complexity index is 806. The molecule has 0 aliphatic carbocycles. The molecule has 1 fully saturated rings. The fourth-order valence-corrected chi connectivity index (χ4v) is 4.47. The van der Waals surface area contributed by atoms with Gasteiger partial charge in [-0.05, 0) is 45.9 Å². The van der Waals surface area contributed by atoms with Crippen LogP contribution in [0.15, 0.2) is 36.4 Å². The fourth-order valence-electron chi connectivity index (χ4n) is 4.47. The molecule has 1 aliphatic rings. The largest absolute Gasteiger partial charge is 0.350 e. The highest BCUT2D eigenvalue weighted by Gasteiger charge is 2.23. The molecule has 2 atom stereocenters. The summed E-state index contributed by atoms with van der Waals surface area (Å²) in [7, 11) is 0. The highest BCUT2D eigenvalue weighted by Crippen LogP contribution is 2.25. The molecular formula is C24H36N4O. The Hall–Kier alpha value is -2.11. The molecule has 2 unspecified atom stereocenters.